The Kier molecular flexibility index (Phi) is 5.50. The molecule has 0 aliphatic carbocycles. The van der Waals surface area contributed by atoms with Gasteiger partial charge in [-0.15, -0.1) is 0 Å². The third-order valence-electron chi connectivity index (χ3n) is 5.53. The predicted octanol–water partition coefficient (Wildman–Crippen LogP) is 6.27. The van der Waals surface area contributed by atoms with Crippen molar-refractivity contribution in [3.05, 3.63) is 138 Å². The Balaban J connectivity index is 1.68. The number of carbonyl (C=O) groups excluding carboxylic acids is 1. The molecule has 156 valence electrons. The number of nitrogens with zero attached hydrogens (tertiary/aromatic N) is 3. The SMILES string of the molecule is O=C1N(Cc2ccccc2)C(c2ccccc2)=NC(c2ccccc2)N1c1ccccc1. The fourth-order valence-corrected chi connectivity index (χ4v) is 3.98. The maximum Gasteiger partial charge on any atom is 0.332 e. The van der Waals surface area contributed by atoms with Gasteiger partial charge in [-0.05, 0) is 23.3 Å². The zero-order chi connectivity index (χ0) is 21.8. The molecule has 4 nitrogen and oxygen atoms in total. The van der Waals surface area contributed by atoms with Crippen LogP contribution in [0.3, 0.4) is 0 Å². The maximum absolute atomic E-state index is 14.1. The standard InChI is InChI=1S/C28H23N3O/c32-28-30(21-22-13-5-1-6-14-22)26(23-15-7-2-8-16-23)29-27(24-17-9-3-10-18-24)31(28)25-19-11-4-12-20-25/h1-20,27H,21H2. The van der Waals surface area contributed by atoms with Gasteiger partial charge >= 0.3 is 6.03 Å². The van der Waals surface area contributed by atoms with Crippen LogP contribution in [0.2, 0.25) is 0 Å². The molecule has 0 N–H and O–H groups in total. The second kappa shape index (κ2) is 8.90. The van der Waals surface area contributed by atoms with Crippen LogP contribution in [0.1, 0.15) is 22.9 Å². The van der Waals surface area contributed by atoms with E-state index < -0.39 is 6.17 Å². The molecular weight excluding hydrogens is 394 g/mol. The Morgan fingerprint density at radius 2 is 1.19 bits per heavy atom. The van der Waals surface area contributed by atoms with Crippen molar-refractivity contribution in [1.29, 1.82) is 0 Å². The minimum absolute atomic E-state index is 0.0947. The highest BCUT2D eigenvalue weighted by molar-refractivity contribution is 6.13. The van der Waals surface area contributed by atoms with Crippen LogP contribution in [-0.2, 0) is 6.54 Å². The van der Waals surface area contributed by atoms with Crippen LogP contribution in [0.25, 0.3) is 0 Å². The van der Waals surface area contributed by atoms with E-state index in [-0.39, 0.29) is 6.03 Å². The summed E-state index contributed by atoms with van der Waals surface area (Å²) in [6.07, 6.45) is -0.451. The van der Waals surface area contributed by atoms with Crippen LogP contribution >= 0.6 is 0 Å². The van der Waals surface area contributed by atoms with E-state index in [1.165, 1.54) is 0 Å². The Bertz CT molecular complexity index is 1210. The number of hydrogen-bond acceptors (Lipinski definition) is 2. The maximum atomic E-state index is 14.1. The van der Waals surface area contributed by atoms with Crippen molar-refractivity contribution >= 4 is 17.6 Å². The van der Waals surface area contributed by atoms with Crippen molar-refractivity contribution in [3.63, 3.8) is 0 Å². The molecule has 0 saturated heterocycles. The van der Waals surface area contributed by atoms with Gasteiger partial charge in [-0.25, -0.2) is 9.79 Å². The van der Waals surface area contributed by atoms with Crippen molar-refractivity contribution in [3.8, 4) is 0 Å². The molecule has 0 saturated carbocycles. The van der Waals surface area contributed by atoms with E-state index in [2.05, 4.69) is 0 Å². The first-order chi connectivity index (χ1) is 15.8. The third-order valence-corrected chi connectivity index (χ3v) is 5.53. The van der Waals surface area contributed by atoms with Crippen LogP contribution in [0.4, 0.5) is 10.5 Å². The van der Waals surface area contributed by atoms with Crippen LogP contribution in [0, 0.1) is 0 Å². The monoisotopic (exact) mass is 417 g/mol. The number of amides is 2. The van der Waals surface area contributed by atoms with Crippen molar-refractivity contribution in [2.24, 2.45) is 4.99 Å². The van der Waals surface area contributed by atoms with Gasteiger partial charge in [-0.3, -0.25) is 9.80 Å². The molecule has 1 unspecified atom stereocenters. The summed E-state index contributed by atoms with van der Waals surface area (Å²) in [5.74, 6) is 0.681. The van der Waals surface area contributed by atoms with Crippen LogP contribution in [-0.4, -0.2) is 16.8 Å². The highest BCUT2D eigenvalue weighted by atomic mass is 16.2. The molecule has 32 heavy (non-hydrogen) atoms. The van der Waals surface area contributed by atoms with E-state index in [0.717, 1.165) is 22.4 Å². The molecule has 1 heterocycles. The minimum atomic E-state index is -0.451. The molecule has 2 amide bonds. The number of para-hydroxylation sites is 1. The first kappa shape index (κ1) is 19.8. The van der Waals surface area contributed by atoms with Gasteiger partial charge in [0, 0.05) is 11.3 Å². The molecule has 5 rings (SSSR count). The van der Waals surface area contributed by atoms with E-state index in [9.17, 15) is 4.79 Å². The summed E-state index contributed by atoms with van der Waals surface area (Å²) in [4.78, 5) is 22.8. The van der Waals surface area contributed by atoms with Gasteiger partial charge < -0.3 is 0 Å². The number of carbonyl (C=O) groups is 1. The summed E-state index contributed by atoms with van der Waals surface area (Å²) < 4.78 is 0. The van der Waals surface area contributed by atoms with Gasteiger partial charge in [0.2, 0.25) is 0 Å². The lowest BCUT2D eigenvalue weighted by Gasteiger charge is -2.40. The summed E-state index contributed by atoms with van der Waals surface area (Å²) in [6.45, 7) is 0.443. The van der Waals surface area contributed by atoms with Crippen molar-refractivity contribution in [2.45, 2.75) is 12.7 Å². The smallest absolute Gasteiger partial charge is 0.273 e. The van der Waals surface area contributed by atoms with Gasteiger partial charge in [0.25, 0.3) is 0 Å². The number of amidine groups is 1. The molecular formula is C28H23N3O. The average molecular weight is 418 g/mol. The number of aliphatic imine (C=N–C) groups is 1. The van der Waals surface area contributed by atoms with Crippen molar-refractivity contribution < 1.29 is 4.79 Å². The molecule has 0 fully saturated rings. The Hall–Kier alpha value is -4.18. The molecule has 1 aliphatic rings. The number of benzene rings is 4. The summed E-state index contributed by atoms with van der Waals surface area (Å²) >= 11 is 0. The molecule has 4 aromatic carbocycles. The van der Waals surface area contributed by atoms with Crippen LogP contribution in [0.5, 0.6) is 0 Å². The quantitative estimate of drug-likeness (QED) is 0.377. The third kappa shape index (κ3) is 3.91. The van der Waals surface area contributed by atoms with Crippen LogP contribution < -0.4 is 4.90 Å². The Morgan fingerprint density at radius 3 is 1.81 bits per heavy atom. The zero-order valence-electron chi connectivity index (χ0n) is 17.6. The lowest BCUT2D eigenvalue weighted by atomic mass is 10.1. The normalized spacial score (nSPS) is 16.1. The first-order valence-corrected chi connectivity index (χ1v) is 10.7. The summed E-state index contributed by atoms with van der Waals surface area (Å²) in [6, 6.07) is 39.6. The lowest BCUT2D eigenvalue weighted by molar-refractivity contribution is 0.220. The Labute approximate surface area is 188 Å². The second-order valence-electron chi connectivity index (χ2n) is 7.66. The molecule has 0 spiro atoms. The van der Waals surface area contributed by atoms with Crippen molar-refractivity contribution in [2.75, 3.05) is 4.90 Å². The number of anilines is 1. The number of rotatable bonds is 5. The molecule has 0 aromatic heterocycles. The van der Waals surface area contributed by atoms with E-state index in [1.807, 2.05) is 121 Å². The summed E-state index contributed by atoms with van der Waals surface area (Å²) in [7, 11) is 0. The summed E-state index contributed by atoms with van der Waals surface area (Å²) in [5, 5.41) is 0. The number of urea groups is 1. The molecule has 4 aromatic rings. The van der Waals surface area contributed by atoms with Crippen molar-refractivity contribution in [1.82, 2.24) is 4.90 Å². The fourth-order valence-electron chi connectivity index (χ4n) is 3.98. The topological polar surface area (TPSA) is 35.9 Å². The fraction of sp³-hybridized carbons (Fsp3) is 0.0714. The molecule has 4 heteroatoms. The van der Waals surface area contributed by atoms with E-state index in [4.69, 9.17) is 4.99 Å². The zero-order valence-corrected chi connectivity index (χ0v) is 17.6. The molecule has 0 radical (unpaired) electrons. The average Bonchev–Trinajstić information content (AvgIpc) is 2.87. The largest absolute Gasteiger partial charge is 0.332 e. The number of hydrogen-bond donors (Lipinski definition) is 0. The van der Waals surface area contributed by atoms with E-state index in [0.29, 0.717) is 12.4 Å². The minimum Gasteiger partial charge on any atom is -0.273 e. The molecule has 1 aliphatic heterocycles. The second-order valence-corrected chi connectivity index (χ2v) is 7.66. The van der Waals surface area contributed by atoms with Crippen LogP contribution in [0.15, 0.2) is 126 Å². The van der Waals surface area contributed by atoms with E-state index >= 15 is 0 Å². The first-order valence-electron chi connectivity index (χ1n) is 10.7. The lowest BCUT2D eigenvalue weighted by Crippen LogP contribution is -2.51. The predicted molar refractivity (Wildman–Crippen MR) is 128 cm³/mol. The van der Waals surface area contributed by atoms with Gasteiger partial charge in [0.15, 0.2) is 6.17 Å². The van der Waals surface area contributed by atoms with Gasteiger partial charge in [0.1, 0.15) is 5.84 Å². The van der Waals surface area contributed by atoms with Gasteiger partial charge in [-0.2, -0.15) is 0 Å². The van der Waals surface area contributed by atoms with Gasteiger partial charge in [-0.1, -0.05) is 109 Å². The molecule has 1 atom stereocenters. The Morgan fingerprint density at radius 1 is 0.656 bits per heavy atom. The van der Waals surface area contributed by atoms with E-state index in [1.54, 1.807) is 9.80 Å². The molecule has 0 bridgehead atoms. The highest BCUT2D eigenvalue weighted by Gasteiger charge is 2.37. The highest BCUT2D eigenvalue weighted by Crippen LogP contribution is 2.34. The summed E-state index contributed by atoms with van der Waals surface area (Å²) in [5.41, 5.74) is 3.76. The van der Waals surface area contributed by atoms with Gasteiger partial charge in [0.05, 0.1) is 6.54 Å².